The Balaban J connectivity index is 1.39. The van der Waals surface area contributed by atoms with Crippen molar-refractivity contribution in [2.24, 2.45) is 5.92 Å². The smallest absolute Gasteiger partial charge is 0.340 e. The first kappa shape index (κ1) is 23.7. The van der Waals surface area contributed by atoms with Gasteiger partial charge < -0.3 is 14.7 Å². The van der Waals surface area contributed by atoms with Crippen LogP contribution in [0.4, 0.5) is 18.9 Å². The van der Waals surface area contributed by atoms with Crippen LogP contribution in [0.1, 0.15) is 45.1 Å². The molecule has 0 atom stereocenters. The maximum Gasteiger partial charge on any atom is 0.416 e. The number of hydrogen-bond acceptors (Lipinski definition) is 4. The predicted octanol–water partition coefficient (Wildman–Crippen LogP) is 6.23. The largest absolute Gasteiger partial charge is 0.416 e. The minimum atomic E-state index is -4.32. The van der Waals surface area contributed by atoms with Crippen LogP contribution in [-0.4, -0.2) is 55.6 Å². The molecule has 4 rings (SSSR count). The number of thioether (sulfide) groups is 1. The lowest BCUT2D eigenvalue weighted by Crippen LogP contribution is -2.47. The van der Waals surface area contributed by atoms with Crippen molar-refractivity contribution < 1.29 is 13.2 Å². The van der Waals surface area contributed by atoms with E-state index >= 15 is 0 Å². The molecule has 3 aliphatic rings. The van der Waals surface area contributed by atoms with Crippen LogP contribution >= 0.6 is 11.8 Å². The average Bonchev–Trinajstić information content (AvgIpc) is 2.77. The second-order valence-electron chi connectivity index (χ2n) is 9.39. The number of benzene rings is 1. The lowest BCUT2D eigenvalue weighted by molar-refractivity contribution is -0.137. The molecular formula is C25H34F3N3S. The zero-order valence-electron chi connectivity index (χ0n) is 19.1. The van der Waals surface area contributed by atoms with Crippen LogP contribution in [0.3, 0.4) is 0 Å². The Hall–Kier alpha value is -1.44. The van der Waals surface area contributed by atoms with E-state index in [9.17, 15) is 13.2 Å². The first-order valence-corrected chi connectivity index (χ1v) is 12.6. The van der Waals surface area contributed by atoms with Crippen LogP contribution in [0.5, 0.6) is 0 Å². The number of fused-ring (bicyclic) bond motifs is 2. The molecule has 7 heteroatoms. The first-order valence-electron chi connectivity index (χ1n) is 11.8. The molecule has 0 aromatic heterocycles. The Labute approximate surface area is 194 Å². The molecule has 2 aliphatic heterocycles. The van der Waals surface area contributed by atoms with Crippen molar-refractivity contribution >= 4 is 17.4 Å². The fourth-order valence-corrected chi connectivity index (χ4v) is 5.73. The van der Waals surface area contributed by atoms with Gasteiger partial charge in [-0.15, -0.1) is 0 Å². The van der Waals surface area contributed by atoms with Gasteiger partial charge in [-0.2, -0.15) is 13.2 Å². The summed E-state index contributed by atoms with van der Waals surface area (Å²) in [5, 5.41) is 0. The van der Waals surface area contributed by atoms with Gasteiger partial charge in [-0.1, -0.05) is 37.8 Å². The molecule has 32 heavy (non-hydrogen) atoms. The zero-order valence-corrected chi connectivity index (χ0v) is 19.9. The minimum Gasteiger partial charge on any atom is -0.340 e. The van der Waals surface area contributed by atoms with Crippen molar-refractivity contribution in [1.82, 2.24) is 9.80 Å². The Kier molecular flexibility index (Phi) is 7.58. The standard InChI is InChI=1S/C25H34F3N3S/c1-19(2)10-13-30-16-14-29(15-17-30)11-5-12-31-21-6-3-4-7-23(21)32-24-9-8-20(18-22(24)31)25(26,27)28/h6-9,18-19H,3-5,10-17H2,1-2H3. The molecule has 1 aliphatic carbocycles. The molecule has 0 N–H and O–H groups in total. The van der Waals surface area contributed by atoms with Crippen LogP contribution in [-0.2, 0) is 6.18 Å². The van der Waals surface area contributed by atoms with Crippen molar-refractivity contribution in [1.29, 1.82) is 0 Å². The van der Waals surface area contributed by atoms with Gasteiger partial charge in [0.2, 0.25) is 0 Å². The van der Waals surface area contributed by atoms with Crippen molar-refractivity contribution in [3.8, 4) is 0 Å². The highest BCUT2D eigenvalue weighted by Crippen LogP contribution is 2.49. The molecule has 2 heterocycles. The lowest BCUT2D eigenvalue weighted by Gasteiger charge is -2.38. The van der Waals surface area contributed by atoms with Crippen molar-refractivity contribution in [2.75, 3.05) is 50.7 Å². The molecule has 1 aromatic carbocycles. The summed E-state index contributed by atoms with van der Waals surface area (Å²) in [7, 11) is 0. The summed E-state index contributed by atoms with van der Waals surface area (Å²) in [6.07, 6.45) is 4.23. The van der Waals surface area contributed by atoms with E-state index in [1.807, 2.05) is 0 Å². The van der Waals surface area contributed by atoms with Gasteiger partial charge in [0.25, 0.3) is 0 Å². The predicted molar refractivity (Wildman–Crippen MR) is 127 cm³/mol. The van der Waals surface area contributed by atoms with Gasteiger partial charge in [-0.25, -0.2) is 0 Å². The topological polar surface area (TPSA) is 9.72 Å². The molecule has 1 saturated heterocycles. The molecule has 176 valence electrons. The number of anilines is 1. The van der Waals surface area contributed by atoms with Gasteiger partial charge >= 0.3 is 6.18 Å². The van der Waals surface area contributed by atoms with Gasteiger partial charge in [0.05, 0.1) is 16.9 Å². The normalized spacial score (nSPS) is 20.1. The molecule has 0 bridgehead atoms. The number of piperazine rings is 1. The lowest BCUT2D eigenvalue weighted by atomic mass is 10.1. The van der Waals surface area contributed by atoms with Crippen LogP contribution in [0.2, 0.25) is 0 Å². The van der Waals surface area contributed by atoms with Gasteiger partial charge in [-0.3, -0.25) is 0 Å². The van der Waals surface area contributed by atoms with E-state index in [0.29, 0.717) is 5.69 Å². The third-order valence-corrected chi connectivity index (χ3v) is 7.68. The van der Waals surface area contributed by atoms with E-state index in [1.165, 1.54) is 30.0 Å². The number of allylic oxidation sites excluding steroid dienone is 2. The zero-order chi connectivity index (χ0) is 22.7. The van der Waals surface area contributed by atoms with E-state index < -0.39 is 11.7 Å². The molecule has 0 spiro atoms. The van der Waals surface area contributed by atoms with Crippen LogP contribution < -0.4 is 4.90 Å². The number of halogens is 3. The van der Waals surface area contributed by atoms with Crippen molar-refractivity contribution in [3.05, 3.63) is 46.5 Å². The summed E-state index contributed by atoms with van der Waals surface area (Å²) in [5.74, 6) is 0.740. The van der Waals surface area contributed by atoms with Crippen molar-refractivity contribution in [3.63, 3.8) is 0 Å². The summed E-state index contributed by atoms with van der Waals surface area (Å²) >= 11 is 1.60. The Bertz CT molecular complexity index is 854. The van der Waals surface area contributed by atoms with E-state index in [-0.39, 0.29) is 0 Å². The number of alkyl halides is 3. The fourth-order valence-electron chi connectivity index (χ4n) is 4.59. The van der Waals surface area contributed by atoms with Gasteiger partial charge in [0.1, 0.15) is 0 Å². The third-order valence-electron chi connectivity index (χ3n) is 6.52. The number of hydrogen-bond donors (Lipinski definition) is 0. The number of nitrogens with zero attached hydrogens (tertiary/aromatic N) is 3. The minimum absolute atomic E-state index is 0.566. The Morgan fingerprint density at radius 1 is 0.938 bits per heavy atom. The highest BCUT2D eigenvalue weighted by Gasteiger charge is 2.34. The summed E-state index contributed by atoms with van der Waals surface area (Å²) in [4.78, 5) is 9.29. The molecule has 1 fully saturated rings. The molecule has 0 radical (unpaired) electrons. The molecular weight excluding hydrogens is 431 g/mol. The third kappa shape index (κ3) is 5.72. The van der Waals surface area contributed by atoms with Crippen molar-refractivity contribution in [2.45, 2.75) is 50.6 Å². The molecule has 3 nitrogen and oxygen atoms in total. The molecule has 0 saturated carbocycles. The summed E-state index contributed by atoms with van der Waals surface area (Å²) < 4.78 is 40.1. The summed E-state index contributed by atoms with van der Waals surface area (Å²) in [5.41, 5.74) is 1.23. The van der Waals surface area contributed by atoms with Crippen LogP contribution in [0.15, 0.2) is 45.8 Å². The maximum absolute atomic E-state index is 13.4. The highest BCUT2D eigenvalue weighted by atomic mass is 32.2. The Morgan fingerprint density at radius 2 is 1.62 bits per heavy atom. The van der Waals surface area contributed by atoms with Gasteiger partial charge in [0.15, 0.2) is 0 Å². The molecule has 1 aromatic rings. The monoisotopic (exact) mass is 465 g/mol. The first-order chi connectivity index (χ1) is 15.3. The second kappa shape index (κ2) is 10.2. The molecule has 0 unspecified atom stereocenters. The van der Waals surface area contributed by atoms with E-state index in [2.05, 4.69) is 40.7 Å². The van der Waals surface area contributed by atoms with Gasteiger partial charge in [-0.05, 0) is 62.9 Å². The SMILES string of the molecule is CC(C)CCN1CCN(CCCN2C3=CCCC=C3Sc3ccc(C(F)(F)F)cc32)CC1. The highest BCUT2D eigenvalue weighted by molar-refractivity contribution is 8.03. The van der Waals surface area contributed by atoms with E-state index in [0.717, 1.165) is 75.0 Å². The summed E-state index contributed by atoms with van der Waals surface area (Å²) in [6, 6.07) is 4.18. The second-order valence-corrected chi connectivity index (χ2v) is 10.5. The van der Waals surface area contributed by atoms with Crippen LogP contribution in [0.25, 0.3) is 0 Å². The summed E-state index contributed by atoms with van der Waals surface area (Å²) in [6.45, 7) is 11.8. The van der Waals surface area contributed by atoms with Gasteiger partial charge in [0, 0.05) is 42.5 Å². The van der Waals surface area contributed by atoms with E-state index in [1.54, 1.807) is 17.8 Å². The fraction of sp³-hybridized carbons (Fsp3) is 0.600. The quantitative estimate of drug-likeness (QED) is 0.472. The van der Waals surface area contributed by atoms with E-state index in [4.69, 9.17) is 0 Å². The molecule has 0 amide bonds. The number of rotatable bonds is 7. The van der Waals surface area contributed by atoms with Crippen LogP contribution in [0, 0.1) is 5.92 Å². The maximum atomic E-state index is 13.4. The Morgan fingerprint density at radius 3 is 2.31 bits per heavy atom. The average molecular weight is 466 g/mol.